The summed E-state index contributed by atoms with van der Waals surface area (Å²) >= 11 is 0. The fourth-order valence-electron chi connectivity index (χ4n) is 2.96. The Balaban J connectivity index is 3.28. The Morgan fingerprint density at radius 1 is 0.409 bits per heavy atom. The van der Waals surface area contributed by atoms with E-state index in [0.717, 1.165) is 0 Å². The highest BCUT2D eigenvalue weighted by Crippen LogP contribution is 2.05. The van der Waals surface area contributed by atoms with Crippen LogP contribution in [-0.4, -0.2) is 50.1 Å². The highest BCUT2D eigenvalue weighted by Gasteiger charge is 2.01. The monoisotopic (exact) mass is 312 g/mol. The van der Waals surface area contributed by atoms with E-state index < -0.39 is 0 Å². The molecule has 2 nitrogen and oxygen atoms in total. The Kier molecular flexibility index (Phi) is 17.2. The third-order valence-corrected chi connectivity index (χ3v) is 4.62. The summed E-state index contributed by atoms with van der Waals surface area (Å²) in [7, 11) is 4.58. The van der Waals surface area contributed by atoms with Crippen molar-refractivity contribution in [3.63, 3.8) is 0 Å². The standard InChI is InChI=1S/C20H44N2/c1-5-7-9-11-13-17-21(3)19-15-16-20-22(4)18-14-12-10-8-6-2/h5-20H2,1-4H3. The van der Waals surface area contributed by atoms with E-state index in [9.17, 15) is 0 Å². The molecule has 22 heavy (non-hydrogen) atoms. The molecule has 0 rings (SSSR count). The van der Waals surface area contributed by atoms with Gasteiger partial charge < -0.3 is 9.80 Å². The molecule has 0 heterocycles. The summed E-state index contributed by atoms with van der Waals surface area (Å²) < 4.78 is 0. The Labute approximate surface area is 141 Å². The van der Waals surface area contributed by atoms with Gasteiger partial charge in [0.05, 0.1) is 0 Å². The molecule has 0 saturated carbocycles. The minimum absolute atomic E-state index is 1.28. The normalized spacial score (nSPS) is 11.7. The maximum absolute atomic E-state index is 2.52. The molecule has 0 N–H and O–H groups in total. The van der Waals surface area contributed by atoms with Crippen LogP contribution in [0, 0.1) is 0 Å². The second-order valence-electron chi connectivity index (χ2n) is 7.14. The summed E-state index contributed by atoms with van der Waals surface area (Å²) in [6, 6.07) is 0. The molecule has 2 heteroatoms. The van der Waals surface area contributed by atoms with E-state index in [1.807, 2.05) is 0 Å². The summed E-state index contributed by atoms with van der Waals surface area (Å²) in [5, 5.41) is 0. The Morgan fingerprint density at radius 3 is 1.00 bits per heavy atom. The van der Waals surface area contributed by atoms with Gasteiger partial charge in [-0.15, -0.1) is 0 Å². The van der Waals surface area contributed by atoms with Gasteiger partial charge in [0.1, 0.15) is 0 Å². The lowest BCUT2D eigenvalue weighted by Crippen LogP contribution is -2.24. The zero-order chi connectivity index (χ0) is 16.5. The maximum atomic E-state index is 2.52. The van der Waals surface area contributed by atoms with E-state index in [2.05, 4.69) is 37.7 Å². The molecule has 0 aliphatic heterocycles. The third kappa shape index (κ3) is 16.3. The van der Waals surface area contributed by atoms with Crippen LogP contribution >= 0.6 is 0 Å². The van der Waals surface area contributed by atoms with Gasteiger partial charge in [-0.3, -0.25) is 0 Å². The average Bonchev–Trinajstić information content (AvgIpc) is 2.51. The first-order valence-electron chi connectivity index (χ1n) is 10.1. The number of unbranched alkanes of at least 4 members (excludes halogenated alkanes) is 9. The van der Waals surface area contributed by atoms with E-state index in [1.165, 1.54) is 103 Å². The molecule has 0 aromatic heterocycles. The molecule has 0 unspecified atom stereocenters. The molecule has 0 amide bonds. The first-order valence-corrected chi connectivity index (χ1v) is 10.1. The van der Waals surface area contributed by atoms with Crippen LogP contribution < -0.4 is 0 Å². The molecule has 0 saturated heterocycles. The van der Waals surface area contributed by atoms with Crippen molar-refractivity contribution < 1.29 is 0 Å². The summed E-state index contributed by atoms with van der Waals surface area (Å²) in [5.74, 6) is 0. The number of hydrogen-bond acceptors (Lipinski definition) is 2. The van der Waals surface area contributed by atoms with Crippen molar-refractivity contribution in [1.29, 1.82) is 0 Å². The van der Waals surface area contributed by atoms with Crippen LogP contribution in [0.3, 0.4) is 0 Å². The van der Waals surface area contributed by atoms with Gasteiger partial charge in [0.15, 0.2) is 0 Å². The molecule has 0 atom stereocenters. The molecule has 0 radical (unpaired) electrons. The van der Waals surface area contributed by atoms with Crippen LogP contribution in [0.1, 0.15) is 90.9 Å². The van der Waals surface area contributed by atoms with Crippen LogP contribution in [0.5, 0.6) is 0 Å². The molecule has 0 spiro atoms. The van der Waals surface area contributed by atoms with Gasteiger partial charge in [-0.1, -0.05) is 65.2 Å². The van der Waals surface area contributed by atoms with E-state index in [1.54, 1.807) is 0 Å². The van der Waals surface area contributed by atoms with Crippen molar-refractivity contribution in [2.75, 3.05) is 40.3 Å². The molecular weight excluding hydrogens is 268 g/mol. The third-order valence-electron chi connectivity index (χ3n) is 4.62. The highest BCUT2D eigenvalue weighted by atomic mass is 15.1. The summed E-state index contributed by atoms with van der Waals surface area (Å²) in [5.41, 5.74) is 0. The molecular formula is C20H44N2. The van der Waals surface area contributed by atoms with E-state index >= 15 is 0 Å². The molecule has 134 valence electrons. The van der Waals surface area contributed by atoms with Crippen molar-refractivity contribution in [3.8, 4) is 0 Å². The van der Waals surface area contributed by atoms with E-state index in [0.29, 0.717) is 0 Å². The lowest BCUT2D eigenvalue weighted by atomic mass is 10.1. The Bertz CT molecular complexity index is 184. The van der Waals surface area contributed by atoms with Crippen molar-refractivity contribution >= 4 is 0 Å². The van der Waals surface area contributed by atoms with Gasteiger partial charge in [-0.05, 0) is 66.0 Å². The van der Waals surface area contributed by atoms with Crippen molar-refractivity contribution in [2.45, 2.75) is 90.9 Å². The van der Waals surface area contributed by atoms with Crippen LogP contribution in [-0.2, 0) is 0 Å². The fraction of sp³-hybridized carbons (Fsp3) is 1.00. The Morgan fingerprint density at radius 2 is 0.682 bits per heavy atom. The van der Waals surface area contributed by atoms with Crippen LogP contribution in [0.2, 0.25) is 0 Å². The van der Waals surface area contributed by atoms with Gasteiger partial charge in [-0.2, -0.15) is 0 Å². The molecule has 0 aromatic rings. The number of nitrogens with zero attached hydrogens (tertiary/aromatic N) is 2. The minimum Gasteiger partial charge on any atom is -0.306 e. The van der Waals surface area contributed by atoms with Crippen LogP contribution in [0.25, 0.3) is 0 Å². The van der Waals surface area contributed by atoms with Gasteiger partial charge in [0, 0.05) is 0 Å². The Hall–Kier alpha value is -0.0800. The van der Waals surface area contributed by atoms with Crippen molar-refractivity contribution in [2.24, 2.45) is 0 Å². The van der Waals surface area contributed by atoms with Crippen molar-refractivity contribution in [3.05, 3.63) is 0 Å². The molecule has 0 aliphatic rings. The average molecular weight is 313 g/mol. The second kappa shape index (κ2) is 17.3. The van der Waals surface area contributed by atoms with E-state index in [-0.39, 0.29) is 0 Å². The second-order valence-corrected chi connectivity index (χ2v) is 7.14. The predicted octanol–water partition coefficient (Wildman–Crippen LogP) is 5.57. The summed E-state index contributed by atoms with van der Waals surface area (Å²) in [6.45, 7) is 9.70. The van der Waals surface area contributed by atoms with Crippen LogP contribution in [0.15, 0.2) is 0 Å². The minimum atomic E-state index is 1.28. The quantitative estimate of drug-likeness (QED) is 0.324. The van der Waals surface area contributed by atoms with Crippen molar-refractivity contribution in [1.82, 2.24) is 9.80 Å². The number of hydrogen-bond donors (Lipinski definition) is 0. The van der Waals surface area contributed by atoms with Gasteiger partial charge in [0.25, 0.3) is 0 Å². The first-order chi connectivity index (χ1) is 10.7. The van der Waals surface area contributed by atoms with Crippen LogP contribution in [0.4, 0.5) is 0 Å². The SMILES string of the molecule is CCCCCCCN(C)CCCCN(C)CCCCCCC. The predicted molar refractivity (Wildman–Crippen MR) is 102 cm³/mol. The first kappa shape index (κ1) is 21.9. The van der Waals surface area contributed by atoms with Gasteiger partial charge in [0.2, 0.25) is 0 Å². The topological polar surface area (TPSA) is 6.48 Å². The highest BCUT2D eigenvalue weighted by molar-refractivity contribution is 4.57. The molecule has 0 fully saturated rings. The van der Waals surface area contributed by atoms with Gasteiger partial charge in [-0.25, -0.2) is 0 Å². The molecule has 0 aromatic carbocycles. The fourth-order valence-corrected chi connectivity index (χ4v) is 2.96. The lowest BCUT2D eigenvalue weighted by Gasteiger charge is -2.19. The zero-order valence-electron chi connectivity index (χ0n) is 16.2. The smallest absolute Gasteiger partial charge is 0.00213 e. The van der Waals surface area contributed by atoms with E-state index in [4.69, 9.17) is 0 Å². The molecule has 0 aliphatic carbocycles. The maximum Gasteiger partial charge on any atom is -0.00213 e. The summed E-state index contributed by atoms with van der Waals surface area (Å²) in [4.78, 5) is 5.05. The lowest BCUT2D eigenvalue weighted by molar-refractivity contribution is 0.285. The zero-order valence-corrected chi connectivity index (χ0v) is 16.2. The molecule has 0 bridgehead atoms. The summed E-state index contributed by atoms with van der Waals surface area (Å²) in [6.07, 6.45) is 16.7. The van der Waals surface area contributed by atoms with Gasteiger partial charge >= 0.3 is 0 Å². The number of rotatable bonds is 17. The largest absolute Gasteiger partial charge is 0.306 e.